The fourth-order valence-electron chi connectivity index (χ4n) is 0.0769. The van der Waals surface area contributed by atoms with Crippen molar-refractivity contribution < 1.29 is 71.5 Å². The Hall–Kier alpha value is 1.27. The second kappa shape index (κ2) is 6.95. The molecule has 1 unspecified atom stereocenters. The molecular formula is H2AgNNaO5S2. The summed E-state index contributed by atoms with van der Waals surface area (Å²) in [5.41, 5.74) is 0. The van der Waals surface area contributed by atoms with E-state index >= 15 is 0 Å². The molecular weight excluding hydrogens is 289 g/mol. The average Bonchev–Trinajstić information content (AvgIpc) is 1.21. The van der Waals surface area contributed by atoms with Gasteiger partial charge in [-0.25, -0.2) is 4.21 Å². The molecule has 10 heteroatoms. The molecule has 0 aliphatic heterocycles. The molecule has 0 aromatic heterocycles. The van der Waals surface area contributed by atoms with Crippen molar-refractivity contribution in [3.8, 4) is 0 Å². The first-order chi connectivity index (χ1) is 3.42. The maximum Gasteiger partial charge on any atom is 1.00 e. The van der Waals surface area contributed by atoms with Gasteiger partial charge in [-0.3, -0.25) is 4.55 Å². The van der Waals surface area contributed by atoms with Crippen molar-refractivity contribution in [2.24, 2.45) is 0 Å². The molecule has 0 bridgehead atoms. The van der Waals surface area contributed by atoms with Crippen molar-refractivity contribution in [3.63, 3.8) is 0 Å². The third-order valence-corrected chi connectivity index (χ3v) is 0.648. The molecule has 0 aromatic rings. The summed E-state index contributed by atoms with van der Waals surface area (Å²) >= 11 is 3.58. The van der Waals surface area contributed by atoms with Crippen molar-refractivity contribution in [1.29, 1.82) is 0 Å². The number of hydrogen-bond donors (Lipinski definition) is 1. The van der Waals surface area contributed by atoms with Gasteiger partial charge in [-0.2, -0.15) is 4.28 Å². The fraction of sp³-hybridized carbons (Fsp3) is 0. The molecule has 1 atom stereocenters. The van der Waals surface area contributed by atoms with Crippen LogP contribution in [0.15, 0.2) is 0 Å². The summed E-state index contributed by atoms with van der Waals surface area (Å²) in [6, 6.07) is 0. The molecule has 1 N–H and O–H groups in total. The monoisotopic (exact) mass is 290 g/mol. The second-order valence-corrected chi connectivity index (χ2v) is 2.99. The summed E-state index contributed by atoms with van der Waals surface area (Å²) in [6.07, 6.45) is 0. The largest absolute Gasteiger partial charge is 1.00 e. The molecule has 1 radical (unpaired) electrons. The third-order valence-electron chi connectivity index (χ3n) is 0.155. The minimum atomic E-state index is -4.09. The quantitative estimate of drug-likeness (QED) is 0.322. The van der Waals surface area contributed by atoms with E-state index in [0.717, 1.165) is 0 Å². The van der Waals surface area contributed by atoms with E-state index in [4.69, 9.17) is 4.55 Å². The third kappa shape index (κ3) is 16.1. The number of nitrogens with zero attached hydrogens (tertiary/aromatic N) is 1. The summed E-state index contributed by atoms with van der Waals surface area (Å²) < 4.78 is 20.6. The Morgan fingerprint density at radius 2 is 2.10 bits per heavy atom. The zero-order valence-corrected chi connectivity index (χ0v) is 9.76. The van der Waals surface area contributed by atoms with Gasteiger partial charge in [-0.05, 0) is 0 Å². The Morgan fingerprint density at radius 3 is 2.10 bits per heavy atom. The van der Waals surface area contributed by atoms with Crippen LogP contribution in [0.25, 0.3) is 0 Å². The Morgan fingerprint density at radius 1 is 1.80 bits per heavy atom. The van der Waals surface area contributed by atoms with Gasteiger partial charge in [0.1, 0.15) is 0 Å². The molecule has 0 amide bonds. The molecule has 0 saturated carbocycles. The first kappa shape index (κ1) is 17.4. The Labute approximate surface area is 101 Å². The van der Waals surface area contributed by atoms with E-state index in [1.807, 2.05) is 0 Å². The van der Waals surface area contributed by atoms with Gasteiger partial charge in [-0.15, -0.1) is 10.1 Å². The maximum absolute atomic E-state index is 9.70. The minimum absolute atomic E-state index is 0. The summed E-state index contributed by atoms with van der Waals surface area (Å²) in [4.78, 5) is 9.19. The van der Waals surface area contributed by atoms with Crippen LogP contribution in [-0.4, -0.2) is 13.8 Å². The molecule has 61 valence electrons. The molecule has 0 rings (SSSR count). The van der Waals surface area contributed by atoms with Crippen molar-refractivity contribution in [2.75, 3.05) is 0 Å². The predicted octanol–water partition coefficient (Wildman–Crippen LogP) is -3.56. The molecule has 6 nitrogen and oxygen atoms in total. The van der Waals surface area contributed by atoms with Gasteiger partial charge in [0.25, 0.3) is 0 Å². The van der Waals surface area contributed by atoms with E-state index in [1.165, 1.54) is 0 Å². The summed E-state index contributed by atoms with van der Waals surface area (Å²) in [5, 5.41) is 7.77. The van der Waals surface area contributed by atoms with Gasteiger partial charge in [0, 0.05) is 33.6 Å². The van der Waals surface area contributed by atoms with E-state index in [2.05, 4.69) is 15.5 Å². The normalized spacial score (nSPS) is 13.3. The summed E-state index contributed by atoms with van der Waals surface area (Å²) in [5.74, 6) is 0. The van der Waals surface area contributed by atoms with Crippen LogP contribution in [0.1, 0.15) is 1.43 Å². The van der Waals surface area contributed by atoms with Gasteiger partial charge < -0.3 is 1.43 Å². The molecule has 0 aliphatic rings. The van der Waals surface area contributed by atoms with Crippen molar-refractivity contribution >= 4 is 20.2 Å². The second-order valence-electron chi connectivity index (χ2n) is 0.726. The van der Waals surface area contributed by atoms with Gasteiger partial charge in [0.15, 0.2) is 0 Å². The molecule has 0 aliphatic carbocycles. The van der Waals surface area contributed by atoms with Crippen molar-refractivity contribution in [2.45, 2.75) is 0 Å². The molecule has 0 spiro atoms. The van der Waals surface area contributed by atoms with E-state index in [9.17, 15) is 14.3 Å². The van der Waals surface area contributed by atoms with Crippen LogP contribution in [0, 0.1) is 10.1 Å². The van der Waals surface area contributed by atoms with Crippen LogP contribution in [0.3, 0.4) is 0 Å². The van der Waals surface area contributed by atoms with Gasteiger partial charge in [0.05, 0.1) is 0 Å². The van der Waals surface area contributed by atoms with Crippen LogP contribution in [0.2, 0.25) is 0 Å². The zero-order valence-electron chi connectivity index (χ0n) is 5.65. The van der Waals surface area contributed by atoms with Gasteiger partial charge >= 0.3 is 43.7 Å². The van der Waals surface area contributed by atoms with Crippen LogP contribution < -0.4 is 29.6 Å². The van der Waals surface area contributed by atoms with Crippen LogP contribution in [0.4, 0.5) is 0 Å². The minimum Gasteiger partial charge on any atom is -1.00 e. The summed E-state index contributed by atoms with van der Waals surface area (Å²) in [7, 11) is -4.09. The first-order valence-corrected chi connectivity index (χ1v) is 3.60. The molecule has 0 saturated heterocycles. The molecule has 0 fully saturated rings. The molecule has 10 heavy (non-hydrogen) atoms. The topological polar surface area (TPSA) is 89.7 Å². The zero-order chi connectivity index (χ0) is 6.78. The van der Waals surface area contributed by atoms with Crippen molar-refractivity contribution in [3.05, 3.63) is 10.1 Å². The standard InChI is InChI=1S/Ag.HNO5S2.Na.H/c;2-1(3)6-8(4,5)7;;/h;(H,4,5,7);;/q;;+1;-1. The Kier molecular flexibility index (Phi) is 12.1. The fourth-order valence-corrected chi connectivity index (χ4v) is 0.380. The van der Waals surface area contributed by atoms with E-state index in [1.54, 1.807) is 0 Å². The number of hydrogen-bond acceptors (Lipinski definition) is 5. The maximum atomic E-state index is 9.70. The number of rotatable bonds is 2. The van der Waals surface area contributed by atoms with E-state index in [0.29, 0.717) is 0 Å². The van der Waals surface area contributed by atoms with Crippen LogP contribution in [-0.2, 0) is 46.9 Å². The Balaban J connectivity index is -0.0000000817. The van der Waals surface area contributed by atoms with E-state index in [-0.39, 0.29) is 53.4 Å². The van der Waals surface area contributed by atoms with Crippen LogP contribution in [0.5, 0.6) is 0 Å². The van der Waals surface area contributed by atoms with Gasteiger partial charge in [-0.1, -0.05) is 0 Å². The Bertz CT molecular complexity index is 191. The SMILES string of the molecule is O=[N+]([O-])OS(=O)(O)=S.[Ag].[H-].[Na+]. The van der Waals surface area contributed by atoms with Crippen molar-refractivity contribution in [1.82, 2.24) is 0 Å². The smallest absolute Gasteiger partial charge is 1.00 e. The molecule has 0 heterocycles. The predicted molar refractivity (Wildman–Crippen MR) is 27.3 cm³/mol. The van der Waals surface area contributed by atoms with Crippen LogP contribution >= 0.6 is 0 Å². The molecule has 0 aromatic carbocycles. The average molecular weight is 291 g/mol. The first-order valence-electron chi connectivity index (χ1n) is 1.23. The van der Waals surface area contributed by atoms with Gasteiger partial charge in [0.2, 0.25) is 0 Å². The summed E-state index contributed by atoms with van der Waals surface area (Å²) in [6.45, 7) is 0. The van der Waals surface area contributed by atoms with E-state index < -0.39 is 14.1 Å².